The minimum absolute atomic E-state index is 0.0118. The van der Waals surface area contributed by atoms with Crippen molar-refractivity contribution in [3.05, 3.63) is 59.7 Å². The summed E-state index contributed by atoms with van der Waals surface area (Å²) in [6, 6.07) is 13.3. The van der Waals surface area contributed by atoms with Crippen molar-refractivity contribution in [1.29, 1.82) is 0 Å². The molecule has 0 unspecified atom stereocenters. The summed E-state index contributed by atoms with van der Waals surface area (Å²) in [5, 5.41) is 9.39. The summed E-state index contributed by atoms with van der Waals surface area (Å²) >= 11 is 3.30. The molecule has 0 bridgehead atoms. The normalized spacial score (nSPS) is 11.1. The number of ether oxygens (including phenoxy) is 2. The van der Waals surface area contributed by atoms with Gasteiger partial charge >= 0.3 is 12.2 Å². The van der Waals surface area contributed by atoms with Crippen molar-refractivity contribution >= 4 is 39.4 Å². The number of benzene rings is 2. The Labute approximate surface area is 232 Å². The summed E-state index contributed by atoms with van der Waals surface area (Å²) < 4.78 is 48.4. The van der Waals surface area contributed by atoms with E-state index in [4.69, 9.17) is 15.2 Å². The number of alkyl halides is 4. The van der Waals surface area contributed by atoms with Gasteiger partial charge in [0, 0.05) is 29.7 Å². The molecule has 0 aliphatic heterocycles. The number of aromatic nitrogens is 3. The molecule has 0 saturated carbocycles. The van der Waals surface area contributed by atoms with Crippen LogP contribution in [0.15, 0.2) is 48.5 Å². The van der Waals surface area contributed by atoms with E-state index in [0.717, 1.165) is 18.4 Å². The average Bonchev–Trinajstić information content (AvgIpc) is 2.92. The fourth-order valence-electron chi connectivity index (χ4n) is 3.15. The average molecular weight is 612 g/mol. The summed E-state index contributed by atoms with van der Waals surface area (Å²) in [5.74, 6) is 0.457. The van der Waals surface area contributed by atoms with Gasteiger partial charge < -0.3 is 31.2 Å². The molecule has 0 fully saturated rings. The van der Waals surface area contributed by atoms with Crippen LogP contribution < -0.4 is 31.2 Å². The first-order valence-electron chi connectivity index (χ1n) is 12.1. The van der Waals surface area contributed by atoms with Crippen molar-refractivity contribution in [2.45, 2.75) is 25.6 Å². The van der Waals surface area contributed by atoms with E-state index in [1.807, 2.05) is 24.3 Å². The number of hydrogen-bond donors (Lipinski definition) is 4. The Balaban J connectivity index is 1.68. The number of rotatable bonds is 15. The first kappa shape index (κ1) is 29.9. The number of amides is 1. The number of halogens is 4. The molecule has 3 rings (SSSR count). The molecular weight excluding hydrogens is 583 g/mol. The van der Waals surface area contributed by atoms with Gasteiger partial charge in [0.2, 0.25) is 11.9 Å². The van der Waals surface area contributed by atoms with Crippen molar-refractivity contribution < 1.29 is 27.4 Å². The lowest BCUT2D eigenvalue weighted by molar-refractivity contribution is -0.154. The molecule has 1 aromatic heterocycles. The fourth-order valence-corrected chi connectivity index (χ4v) is 3.31. The molecule has 2 aromatic carbocycles. The van der Waals surface area contributed by atoms with Gasteiger partial charge in [0.15, 0.2) is 6.61 Å². The van der Waals surface area contributed by atoms with Crippen molar-refractivity contribution in [3.63, 3.8) is 0 Å². The molecule has 39 heavy (non-hydrogen) atoms. The lowest BCUT2D eigenvalue weighted by Gasteiger charge is -2.12. The maximum absolute atomic E-state index is 12.7. The Bertz CT molecular complexity index is 1180. The van der Waals surface area contributed by atoms with E-state index in [9.17, 15) is 18.0 Å². The first-order chi connectivity index (χ1) is 18.8. The Morgan fingerprint density at radius 1 is 0.949 bits per heavy atom. The minimum atomic E-state index is -4.56. The van der Waals surface area contributed by atoms with Gasteiger partial charge in [0.1, 0.15) is 5.75 Å². The fraction of sp³-hybridized carbons (Fsp3) is 0.360. The maximum Gasteiger partial charge on any atom is 0.422 e. The van der Waals surface area contributed by atoms with Crippen molar-refractivity contribution in [1.82, 2.24) is 20.3 Å². The highest BCUT2D eigenvalue weighted by atomic mass is 79.9. The number of hydrogen-bond acceptors (Lipinski definition) is 9. The van der Waals surface area contributed by atoms with Gasteiger partial charge in [-0.25, -0.2) is 0 Å². The Morgan fingerprint density at radius 3 is 2.33 bits per heavy atom. The second-order valence-electron chi connectivity index (χ2n) is 8.16. The lowest BCUT2D eigenvalue weighted by Crippen LogP contribution is -2.24. The number of nitrogens with one attached hydrogen (secondary N) is 3. The summed E-state index contributed by atoms with van der Waals surface area (Å²) in [6.07, 6.45) is -2.96. The molecule has 210 valence electrons. The van der Waals surface area contributed by atoms with Crippen LogP contribution in [0.3, 0.4) is 0 Å². The number of anilines is 3. The second-order valence-corrected chi connectivity index (χ2v) is 8.95. The van der Waals surface area contributed by atoms with E-state index >= 15 is 0 Å². The highest BCUT2D eigenvalue weighted by molar-refractivity contribution is 9.09. The molecule has 5 N–H and O–H groups in total. The summed E-state index contributed by atoms with van der Waals surface area (Å²) in [5.41, 5.74) is 7.27. The van der Waals surface area contributed by atoms with E-state index in [2.05, 4.69) is 46.8 Å². The molecule has 14 heteroatoms. The highest BCUT2D eigenvalue weighted by Crippen LogP contribution is 2.21. The van der Waals surface area contributed by atoms with Crippen molar-refractivity contribution in [2.24, 2.45) is 5.73 Å². The van der Waals surface area contributed by atoms with Gasteiger partial charge in [-0.05, 0) is 61.3 Å². The predicted molar refractivity (Wildman–Crippen MR) is 145 cm³/mol. The molecular formula is C25H29BrF3N7O3. The molecule has 0 aliphatic carbocycles. The van der Waals surface area contributed by atoms with Gasteiger partial charge in [-0.3, -0.25) is 4.79 Å². The van der Waals surface area contributed by atoms with Crippen molar-refractivity contribution in [3.8, 4) is 11.8 Å². The van der Waals surface area contributed by atoms with Crippen LogP contribution >= 0.6 is 15.9 Å². The highest BCUT2D eigenvalue weighted by Gasteiger charge is 2.29. The quantitative estimate of drug-likeness (QED) is 0.145. The van der Waals surface area contributed by atoms with E-state index in [1.54, 1.807) is 24.3 Å². The van der Waals surface area contributed by atoms with Gasteiger partial charge in [0.05, 0.1) is 6.61 Å². The Morgan fingerprint density at radius 2 is 1.67 bits per heavy atom. The number of carbonyl (C=O) groups is 1. The molecule has 0 saturated heterocycles. The summed E-state index contributed by atoms with van der Waals surface area (Å²) in [7, 11) is 0. The van der Waals surface area contributed by atoms with E-state index in [0.29, 0.717) is 42.0 Å². The SMILES string of the molecule is NCCCCNC(=O)c1ccc(Nc2nc(NCc3ccc(OCCBr)cc3)nc(OCC(F)(F)F)n2)cc1. The van der Waals surface area contributed by atoms with Gasteiger partial charge in [0.25, 0.3) is 5.91 Å². The van der Waals surface area contributed by atoms with Gasteiger partial charge in [-0.2, -0.15) is 28.1 Å². The van der Waals surface area contributed by atoms with Crippen LogP contribution in [0.4, 0.5) is 30.8 Å². The van der Waals surface area contributed by atoms with Crippen molar-refractivity contribution in [2.75, 3.05) is 42.3 Å². The number of carbonyl (C=O) groups excluding carboxylic acids is 1. The summed E-state index contributed by atoms with van der Waals surface area (Å²) in [6.45, 7) is 0.348. The van der Waals surface area contributed by atoms with Crippen LogP contribution in [0.1, 0.15) is 28.8 Å². The Kier molecular flexibility index (Phi) is 11.6. The number of unbranched alkanes of at least 4 members (excludes halogenated alkanes) is 1. The zero-order chi connectivity index (χ0) is 28.1. The predicted octanol–water partition coefficient (Wildman–Crippen LogP) is 4.41. The molecule has 1 heterocycles. The molecule has 3 aromatic rings. The largest absolute Gasteiger partial charge is 0.493 e. The molecule has 0 atom stereocenters. The lowest BCUT2D eigenvalue weighted by atomic mass is 10.2. The van der Waals surface area contributed by atoms with Crippen LogP contribution in [-0.4, -0.2) is 58.7 Å². The standard InChI is InChI=1S/C25H29BrF3N7O3/c26-11-14-38-20-9-3-17(4-10-20)15-32-22-34-23(36-24(35-22)39-16-25(27,28)29)33-19-7-5-18(6-8-19)21(37)31-13-2-1-12-30/h3-10H,1-2,11-16,30H2,(H,31,37)(H2,32,33,34,35,36). The van der Waals surface area contributed by atoms with Gasteiger partial charge in [-0.1, -0.05) is 28.1 Å². The summed E-state index contributed by atoms with van der Waals surface area (Å²) in [4.78, 5) is 24.4. The third-order valence-electron chi connectivity index (χ3n) is 5.02. The van der Waals surface area contributed by atoms with Crippen LogP contribution in [0.2, 0.25) is 0 Å². The van der Waals surface area contributed by atoms with Crippen LogP contribution in [0, 0.1) is 0 Å². The zero-order valence-electron chi connectivity index (χ0n) is 20.9. The Hall–Kier alpha value is -3.65. The van der Waals surface area contributed by atoms with Crippen LogP contribution in [0.5, 0.6) is 11.8 Å². The molecule has 0 aliphatic rings. The molecule has 1 amide bonds. The third-order valence-corrected chi connectivity index (χ3v) is 5.34. The van der Waals surface area contributed by atoms with Gasteiger partial charge in [-0.15, -0.1) is 0 Å². The topological polar surface area (TPSA) is 136 Å². The molecule has 10 nitrogen and oxygen atoms in total. The molecule has 0 spiro atoms. The van der Waals surface area contributed by atoms with Crippen LogP contribution in [-0.2, 0) is 6.54 Å². The zero-order valence-corrected chi connectivity index (χ0v) is 22.5. The first-order valence-corrected chi connectivity index (χ1v) is 13.2. The maximum atomic E-state index is 12.7. The van der Waals surface area contributed by atoms with E-state index in [1.165, 1.54) is 0 Å². The minimum Gasteiger partial charge on any atom is -0.493 e. The second kappa shape index (κ2) is 15.1. The van der Waals surface area contributed by atoms with Crippen LogP contribution in [0.25, 0.3) is 0 Å². The van der Waals surface area contributed by atoms with E-state index in [-0.39, 0.29) is 24.3 Å². The number of nitrogens with two attached hydrogens (primary N) is 1. The van der Waals surface area contributed by atoms with E-state index < -0.39 is 18.8 Å². The monoisotopic (exact) mass is 611 g/mol. The smallest absolute Gasteiger partial charge is 0.422 e. The molecule has 0 radical (unpaired) electrons. The third kappa shape index (κ3) is 10.9. The number of nitrogens with zero attached hydrogens (tertiary/aromatic N) is 3.